The van der Waals surface area contributed by atoms with E-state index in [2.05, 4.69) is 15.6 Å². The molecule has 0 saturated heterocycles. The molecule has 2 aromatic carbocycles. The normalized spacial score (nSPS) is 11.1. The third kappa shape index (κ3) is 8.44. The number of nitrogens with zero attached hydrogens (tertiary/aromatic N) is 1. The Morgan fingerprint density at radius 1 is 0.914 bits per heavy atom. The minimum absolute atomic E-state index is 0.118. The summed E-state index contributed by atoms with van der Waals surface area (Å²) in [5, 5.41) is 5.68. The van der Waals surface area contributed by atoms with Crippen LogP contribution < -0.4 is 10.6 Å². The average molecular weight is 496 g/mol. The number of benzene rings is 2. The van der Waals surface area contributed by atoms with Gasteiger partial charge < -0.3 is 19.7 Å². The van der Waals surface area contributed by atoms with Crippen LogP contribution in [0.2, 0.25) is 0 Å². The maximum atomic E-state index is 12.7. The number of anilines is 1. The van der Waals surface area contributed by atoms with Crippen LogP contribution in [-0.2, 0) is 37.5 Å². The maximum Gasteiger partial charge on any atom is 0.335 e. The van der Waals surface area contributed by atoms with Gasteiger partial charge in [0.05, 0.1) is 38.0 Å². The van der Waals surface area contributed by atoms with Gasteiger partial charge in [0, 0.05) is 17.4 Å². The summed E-state index contributed by atoms with van der Waals surface area (Å²) < 4.78 is 23.4. The number of carbonyl (C=O) groups is 2. The minimum Gasteiger partial charge on any atom is -0.346 e. The lowest BCUT2D eigenvalue weighted by molar-refractivity contribution is -0.115. The van der Waals surface area contributed by atoms with Crippen molar-refractivity contribution in [3.63, 3.8) is 0 Å². The first-order valence-corrected chi connectivity index (χ1v) is 13.2. The fraction of sp³-hybridized carbons (Fsp3) is 0.269. The van der Waals surface area contributed by atoms with Gasteiger partial charge in [-0.25, -0.2) is 0 Å². The number of nitrogens with one attached hydrogen (secondary N) is 2. The number of pyridine rings is 1. The molecule has 1 aromatic heterocycles. The van der Waals surface area contributed by atoms with Gasteiger partial charge in [0.1, 0.15) is 0 Å². The number of amides is 2. The first-order chi connectivity index (χ1) is 16.9. The van der Waals surface area contributed by atoms with E-state index in [1.807, 2.05) is 18.2 Å². The van der Waals surface area contributed by atoms with Gasteiger partial charge in [0.2, 0.25) is 5.91 Å². The van der Waals surface area contributed by atoms with Crippen molar-refractivity contribution in [2.24, 2.45) is 0 Å². The highest BCUT2D eigenvalue weighted by Crippen LogP contribution is 2.51. The van der Waals surface area contributed by atoms with Gasteiger partial charge >= 0.3 is 7.60 Å². The molecular weight excluding hydrogens is 465 g/mol. The SMILES string of the molecule is CCOP(=O)(Cc1ccc(NC(=O)Cc2cccc(C(=O)NCc3ccccn3)c2)cc1)OCC. The average Bonchev–Trinajstić information content (AvgIpc) is 2.85. The summed E-state index contributed by atoms with van der Waals surface area (Å²) in [6, 6.07) is 19.5. The Kier molecular flexibility index (Phi) is 9.73. The maximum absolute atomic E-state index is 12.7. The molecule has 3 rings (SSSR count). The summed E-state index contributed by atoms with van der Waals surface area (Å²) in [5.74, 6) is -0.442. The molecule has 0 aliphatic heterocycles. The second-order valence-corrected chi connectivity index (χ2v) is 9.79. The summed E-state index contributed by atoms with van der Waals surface area (Å²) in [7, 11) is -3.19. The van der Waals surface area contributed by atoms with E-state index in [1.165, 1.54) is 0 Å². The van der Waals surface area contributed by atoms with Crippen molar-refractivity contribution >= 4 is 25.1 Å². The van der Waals surface area contributed by atoms with E-state index in [9.17, 15) is 14.2 Å². The number of hydrogen-bond donors (Lipinski definition) is 2. The zero-order valence-electron chi connectivity index (χ0n) is 19.9. The Labute approximate surface area is 205 Å². The van der Waals surface area contributed by atoms with Gasteiger partial charge in [-0.15, -0.1) is 0 Å². The standard InChI is InChI=1S/C26H30N3O5P/c1-3-33-35(32,34-4-2)19-20-11-13-23(14-12-20)29-25(30)17-21-8-7-9-22(16-21)26(31)28-18-24-10-5-6-15-27-24/h5-16H,3-4,17-19H2,1-2H3,(H,28,31)(H,29,30). The summed E-state index contributed by atoms with van der Waals surface area (Å²) in [5.41, 5.74) is 3.37. The molecule has 35 heavy (non-hydrogen) atoms. The van der Waals surface area contributed by atoms with Crippen LogP contribution in [0.15, 0.2) is 72.9 Å². The molecule has 2 N–H and O–H groups in total. The number of hydrogen-bond acceptors (Lipinski definition) is 6. The largest absolute Gasteiger partial charge is 0.346 e. The Morgan fingerprint density at radius 3 is 2.31 bits per heavy atom. The molecule has 0 aliphatic rings. The van der Waals surface area contributed by atoms with Gasteiger partial charge in [-0.2, -0.15) is 0 Å². The molecule has 8 nitrogen and oxygen atoms in total. The highest BCUT2D eigenvalue weighted by Gasteiger charge is 2.23. The van der Waals surface area contributed by atoms with E-state index in [1.54, 1.807) is 68.6 Å². The summed E-state index contributed by atoms with van der Waals surface area (Å²) in [6.07, 6.45) is 1.96. The third-order valence-corrected chi connectivity index (χ3v) is 7.03. The van der Waals surface area contributed by atoms with Gasteiger partial charge in [-0.3, -0.25) is 19.1 Å². The molecule has 0 spiro atoms. The molecule has 1 heterocycles. The van der Waals surface area contributed by atoms with Crippen LogP contribution in [0, 0.1) is 0 Å². The number of rotatable bonds is 12. The lowest BCUT2D eigenvalue weighted by atomic mass is 10.1. The smallest absolute Gasteiger partial charge is 0.335 e. The molecule has 0 unspecified atom stereocenters. The second kappa shape index (κ2) is 13.0. The Bertz CT molecular complexity index is 1160. The molecule has 0 saturated carbocycles. The highest BCUT2D eigenvalue weighted by atomic mass is 31.2. The van der Waals surface area contributed by atoms with Crippen molar-refractivity contribution in [2.45, 2.75) is 33.0 Å². The van der Waals surface area contributed by atoms with Crippen LogP contribution in [0.1, 0.15) is 41.0 Å². The van der Waals surface area contributed by atoms with E-state index in [0.717, 1.165) is 16.8 Å². The topological polar surface area (TPSA) is 107 Å². The lowest BCUT2D eigenvalue weighted by Gasteiger charge is -2.17. The predicted molar refractivity (Wildman–Crippen MR) is 135 cm³/mol. The molecule has 2 amide bonds. The van der Waals surface area contributed by atoms with Crippen LogP contribution in [0.3, 0.4) is 0 Å². The Morgan fingerprint density at radius 2 is 1.66 bits per heavy atom. The Balaban J connectivity index is 1.54. The van der Waals surface area contributed by atoms with Crippen LogP contribution >= 0.6 is 7.60 Å². The van der Waals surface area contributed by atoms with Gasteiger partial charge in [0.15, 0.2) is 0 Å². The zero-order chi connectivity index (χ0) is 25.1. The lowest BCUT2D eigenvalue weighted by Crippen LogP contribution is -2.23. The molecular formula is C26H30N3O5P. The quantitative estimate of drug-likeness (QED) is 0.344. The van der Waals surface area contributed by atoms with Crippen molar-refractivity contribution in [1.82, 2.24) is 10.3 Å². The van der Waals surface area contributed by atoms with Gasteiger partial charge in [-0.1, -0.05) is 30.3 Å². The number of carbonyl (C=O) groups excluding carboxylic acids is 2. The van der Waals surface area contributed by atoms with Crippen molar-refractivity contribution in [2.75, 3.05) is 18.5 Å². The molecule has 9 heteroatoms. The molecule has 0 radical (unpaired) electrons. The number of aromatic nitrogens is 1. The first kappa shape index (κ1) is 26.3. The van der Waals surface area contributed by atoms with E-state index < -0.39 is 7.60 Å². The van der Waals surface area contributed by atoms with Crippen LogP contribution in [-0.4, -0.2) is 30.0 Å². The van der Waals surface area contributed by atoms with E-state index in [4.69, 9.17) is 9.05 Å². The van der Waals surface area contributed by atoms with Gasteiger partial charge in [0.25, 0.3) is 5.91 Å². The molecule has 0 fully saturated rings. The fourth-order valence-corrected chi connectivity index (χ4v) is 5.13. The van der Waals surface area contributed by atoms with E-state index >= 15 is 0 Å². The van der Waals surface area contributed by atoms with Crippen LogP contribution in [0.4, 0.5) is 5.69 Å². The molecule has 0 aliphatic carbocycles. The van der Waals surface area contributed by atoms with Crippen LogP contribution in [0.25, 0.3) is 0 Å². The van der Waals surface area contributed by atoms with E-state index in [0.29, 0.717) is 31.0 Å². The predicted octanol–water partition coefficient (Wildman–Crippen LogP) is 4.96. The summed E-state index contributed by atoms with van der Waals surface area (Å²) in [4.78, 5) is 29.2. The van der Waals surface area contributed by atoms with Crippen molar-refractivity contribution in [1.29, 1.82) is 0 Å². The second-order valence-electron chi connectivity index (χ2n) is 7.73. The highest BCUT2D eigenvalue weighted by molar-refractivity contribution is 7.53. The molecule has 3 aromatic rings. The van der Waals surface area contributed by atoms with Crippen molar-refractivity contribution in [3.8, 4) is 0 Å². The first-order valence-electron chi connectivity index (χ1n) is 11.4. The third-order valence-electron chi connectivity index (χ3n) is 4.98. The monoisotopic (exact) mass is 495 g/mol. The summed E-state index contributed by atoms with van der Waals surface area (Å²) >= 11 is 0. The summed E-state index contributed by atoms with van der Waals surface area (Å²) in [6.45, 7) is 4.48. The zero-order valence-corrected chi connectivity index (χ0v) is 20.8. The van der Waals surface area contributed by atoms with Crippen LogP contribution in [0.5, 0.6) is 0 Å². The van der Waals surface area contributed by atoms with E-state index in [-0.39, 0.29) is 24.4 Å². The molecule has 0 atom stereocenters. The molecule has 184 valence electrons. The Hall–Kier alpha value is -3.32. The van der Waals surface area contributed by atoms with Gasteiger partial charge in [-0.05, 0) is 61.4 Å². The van der Waals surface area contributed by atoms with Crippen molar-refractivity contribution in [3.05, 3.63) is 95.3 Å². The molecule has 0 bridgehead atoms. The minimum atomic E-state index is -3.19. The fourth-order valence-electron chi connectivity index (χ4n) is 3.43. The van der Waals surface area contributed by atoms with Crippen molar-refractivity contribution < 1.29 is 23.2 Å².